The predicted octanol–water partition coefficient (Wildman–Crippen LogP) is 3.62. The van der Waals surface area contributed by atoms with Crippen molar-refractivity contribution in [3.63, 3.8) is 0 Å². The minimum Gasteiger partial charge on any atom is -0.494 e. The molecule has 2 aromatic rings. The summed E-state index contributed by atoms with van der Waals surface area (Å²) in [7, 11) is 3.66. The number of anilines is 2. The van der Waals surface area contributed by atoms with Gasteiger partial charge in [0.1, 0.15) is 28.8 Å². The second-order valence-electron chi connectivity index (χ2n) is 9.18. The van der Waals surface area contributed by atoms with E-state index in [1.807, 2.05) is 29.2 Å². The predicted molar refractivity (Wildman–Crippen MR) is 135 cm³/mol. The third-order valence-electron chi connectivity index (χ3n) is 7.14. The maximum Gasteiger partial charge on any atom is 0.259 e. The summed E-state index contributed by atoms with van der Waals surface area (Å²) in [5.41, 5.74) is 1.17. The Morgan fingerprint density at radius 3 is 2.47 bits per heavy atom. The van der Waals surface area contributed by atoms with Gasteiger partial charge < -0.3 is 24.7 Å². The first kappa shape index (κ1) is 22.7. The first-order valence-electron chi connectivity index (χ1n) is 11.7. The Hall–Kier alpha value is -3.04. The lowest BCUT2D eigenvalue weighted by Gasteiger charge is -2.43. The Kier molecular flexibility index (Phi) is 5.99. The van der Waals surface area contributed by atoms with Crippen LogP contribution < -0.4 is 19.3 Å². The van der Waals surface area contributed by atoms with Gasteiger partial charge in [0, 0.05) is 31.1 Å². The highest BCUT2D eigenvalue weighted by Crippen LogP contribution is 2.48. The van der Waals surface area contributed by atoms with Gasteiger partial charge in [-0.2, -0.15) is 0 Å². The number of hydrogen-bond acceptors (Lipinski definition) is 7. The Bertz CT molecular complexity index is 1110. The smallest absolute Gasteiger partial charge is 0.259 e. The van der Waals surface area contributed by atoms with Crippen LogP contribution in [0.25, 0.3) is 0 Å². The van der Waals surface area contributed by atoms with Gasteiger partial charge in [0.2, 0.25) is 0 Å². The number of carbonyl (C=O) groups excluding carboxylic acids is 1. The normalized spacial score (nSPS) is 20.5. The highest BCUT2D eigenvalue weighted by atomic mass is 32.1. The van der Waals surface area contributed by atoms with Gasteiger partial charge in [-0.3, -0.25) is 9.69 Å². The molecule has 3 fully saturated rings. The van der Waals surface area contributed by atoms with E-state index < -0.39 is 5.54 Å². The van der Waals surface area contributed by atoms with Gasteiger partial charge in [-0.15, -0.1) is 0 Å². The van der Waals surface area contributed by atoms with Crippen LogP contribution in [0.2, 0.25) is 0 Å². The lowest BCUT2D eigenvalue weighted by atomic mass is 9.75. The molecule has 1 saturated carbocycles. The molecule has 2 saturated heterocycles. The molecule has 8 nitrogen and oxygen atoms in total. The summed E-state index contributed by atoms with van der Waals surface area (Å²) >= 11 is 5.85. The third-order valence-corrected chi connectivity index (χ3v) is 7.50. The average Bonchev–Trinajstić information content (AvgIpc) is 3.07. The molecule has 2 aliphatic heterocycles. The lowest BCUT2D eigenvalue weighted by Crippen LogP contribution is -2.55. The van der Waals surface area contributed by atoms with Gasteiger partial charge in [-0.05, 0) is 75.6 Å². The molecule has 9 heteroatoms. The summed E-state index contributed by atoms with van der Waals surface area (Å²) < 4.78 is 11.6. The topological polar surface area (TPSA) is 82.0 Å². The molecule has 5 rings (SSSR count). The second kappa shape index (κ2) is 8.96. The highest BCUT2D eigenvalue weighted by Gasteiger charge is 2.59. The number of ether oxygens (including phenoxy) is 2. The van der Waals surface area contributed by atoms with Crippen molar-refractivity contribution in [2.45, 2.75) is 43.7 Å². The minimum absolute atomic E-state index is 0.0399. The molecule has 1 aromatic heterocycles. The van der Waals surface area contributed by atoms with Crippen LogP contribution in [-0.4, -0.2) is 66.0 Å². The van der Waals surface area contributed by atoms with Crippen LogP contribution in [0, 0.1) is 5.41 Å². The first-order chi connectivity index (χ1) is 16.5. The summed E-state index contributed by atoms with van der Waals surface area (Å²) in [6, 6.07) is 9.64. The summed E-state index contributed by atoms with van der Waals surface area (Å²) in [6.45, 7) is 2.09. The van der Waals surface area contributed by atoms with Gasteiger partial charge in [0.25, 0.3) is 5.91 Å². The quantitative estimate of drug-likeness (QED) is 0.501. The molecular weight excluding hydrogens is 450 g/mol. The van der Waals surface area contributed by atoms with Gasteiger partial charge >= 0.3 is 0 Å². The number of benzene rings is 1. The molecule has 0 atom stereocenters. The van der Waals surface area contributed by atoms with Crippen molar-refractivity contribution < 1.29 is 14.3 Å². The lowest BCUT2D eigenvalue weighted by molar-refractivity contribution is -0.123. The number of thiocarbonyl (C=S) groups is 1. The maximum atomic E-state index is 13.7. The van der Waals surface area contributed by atoms with E-state index in [2.05, 4.69) is 16.9 Å². The van der Waals surface area contributed by atoms with Crippen LogP contribution in [0.1, 0.15) is 37.8 Å². The molecule has 1 aliphatic carbocycles. The minimum atomic E-state index is -0.666. The zero-order valence-electron chi connectivity index (χ0n) is 19.5. The number of piperidine rings is 1. The van der Waals surface area contributed by atoms with E-state index in [1.165, 1.54) is 7.11 Å². The van der Waals surface area contributed by atoms with E-state index in [1.54, 1.807) is 17.2 Å². The van der Waals surface area contributed by atoms with Crippen molar-refractivity contribution in [1.82, 2.24) is 9.88 Å². The number of methoxy groups -OCH3 is 1. The number of nitrogens with zero attached hydrogens (tertiary/aromatic N) is 4. The molecular formula is C25H29N5O3S. The average molecular weight is 480 g/mol. The van der Waals surface area contributed by atoms with Crippen molar-refractivity contribution in [3.05, 3.63) is 42.2 Å². The fourth-order valence-electron chi connectivity index (χ4n) is 5.02. The van der Waals surface area contributed by atoms with Crippen LogP contribution in [0.5, 0.6) is 11.5 Å². The van der Waals surface area contributed by atoms with Gasteiger partial charge in [0.15, 0.2) is 5.11 Å². The molecule has 1 spiro atoms. The van der Waals surface area contributed by atoms with Gasteiger partial charge in [-0.1, -0.05) is 0 Å². The number of rotatable bonds is 6. The maximum absolute atomic E-state index is 13.7. The number of amides is 1. The number of hydrogen-bond donors (Lipinski definition) is 1. The van der Waals surface area contributed by atoms with Gasteiger partial charge in [-0.25, -0.2) is 4.98 Å². The molecule has 1 N–H and O–H groups in total. The Morgan fingerprint density at radius 1 is 1.18 bits per heavy atom. The monoisotopic (exact) mass is 479 g/mol. The molecule has 0 unspecified atom stereocenters. The number of nitrogens with one attached hydrogen (secondary N) is 1. The molecule has 34 heavy (non-hydrogen) atoms. The highest BCUT2D eigenvalue weighted by molar-refractivity contribution is 7.81. The standard InChI is InChI=1S/C25H29N5O3S/c1-28-12-8-20(9-13-28)33-19-6-4-17(5-7-19)30-24(34)29(23(31)25(30)10-3-11-25)18-14-22(32-2)21(15-26)27-16-18/h4-7,14-16,20,26H,3,8-13H2,1-2H3. The second-order valence-corrected chi connectivity index (χ2v) is 9.55. The van der Waals surface area contributed by atoms with E-state index in [4.69, 9.17) is 27.1 Å². The van der Waals surface area contributed by atoms with Crippen molar-refractivity contribution >= 4 is 40.8 Å². The van der Waals surface area contributed by atoms with Crippen LogP contribution in [0.4, 0.5) is 11.4 Å². The Balaban J connectivity index is 1.41. The molecule has 0 bridgehead atoms. The van der Waals surface area contributed by atoms with Crippen LogP contribution in [0.3, 0.4) is 0 Å². The summed E-state index contributed by atoms with van der Waals surface area (Å²) in [6.07, 6.45) is 7.45. The number of pyridine rings is 1. The fraction of sp³-hybridized carbons (Fsp3) is 0.440. The zero-order chi connectivity index (χ0) is 23.9. The van der Waals surface area contributed by atoms with E-state index in [-0.39, 0.29) is 12.0 Å². The van der Waals surface area contributed by atoms with Crippen molar-refractivity contribution in [2.75, 3.05) is 37.0 Å². The fourth-order valence-corrected chi connectivity index (χ4v) is 5.48. The summed E-state index contributed by atoms with van der Waals surface area (Å²) in [5.74, 6) is 1.23. The molecule has 178 valence electrons. The molecule has 1 amide bonds. The largest absolute Gasteiger partial charge is 0.494 e. The number of aromatic nitrogens is 1. The number of likely N-dealkylation sites (tertiary alicyclic amines) is 1. The van der Waals surface area contributed by atoms with Crippen LogP contribution >= 0.6 is 12.2 Å². The van der Waals surface area contributed by atoms with Crippen molar-refractivity contribution in [1.29, 1.82) is 5.41 Å². The van der Waals surface area contributed by atoms with E-state index in [0.29, 0.717) is 22.2 Å². The van der Waals surface area contributed by atoms with Crippen molar-refractivity contribution in [3.8, 4) is 11.5 Å². The summed E-state index contributed by atoms with van der Waals surface area (Å²) in [5, 5.41) is 7.94. The molecule has 3 heterocycles. The number of carbonyl (C=O) groups is 1. The third kappa shape index (κ3) is 3.73. The van der Waals surface area contributed by atoms with E-state index >= 15 is 0 Å². The Labute approximate surface area is 205 Å². The van der Waals surface area contributed by atoms with Crippen LogP contribution in [-0.2, 0) is 4.79 Å². The molecule has 1 aromatic carbocycles. The molecule has 3 aliphatic rings. The SMILES string of the molecule is COc1cc(N2C(=O)C3(CCC3)N(c3ccc(OC4CCN(C)CC4)cc3)C2=S)cnc1C=N. The summed E-state index contributed by atoms with van der Waals surface area (Å²) in [4.78, 5) is 23.8. The van der Waals surface area contributed by atoms with E-state index in [9.17, 15) is 4.79 Å². The first-order valence-corrected chi connectivity index (χ1v) is 12.1. The van der Waals surface area contributed by atoms with Crippen molar-refractivity contribution in [2.24, 2.45) is 0 Å². The van der Waals surface area contributed by atoms with E-state index in [0.717, 1.165) is 62.8 Å². The van der Waals surface area contributed by atoms with Gasteiger partial charge in [0.05, 0.1) is 19.0 Å². The Morgan fingerprint density at radius 2 is 1.88 bits per heavy atom. The molecule has 0 radical (unpaired) electrons. The zero-order valence-corrected chi connectivity index (χ0v) is 20.3. The van der Waals surface area contributed by atoms with Crippen LogP contribution in [0.15, 0.2) is 36.5 Å².